The van der Waals surface area contributed by atoms with Crippen LogP contribution in [0.2, 0.25) is 0 Å². The third-order valence-corrected chi connectivity index (χ3v) is 3.58. The summed E-state index contributed by atoms with van der Waals surface area (Å²) in [6.45, 7) is 10.6. The minimum Gasteiger partial charge on any atom is -0.299 e. The molecule has 0 bridgehead atoms. The normalized spacial score (nSPS) is 17.9. The molecule has 0 aliphatic carbocycles. The van der Waals surface area contributed by atoms with Gasteiger partial charge in [0.2, 0.25) is 0 Å². The Morgan fingerprint density at radius 1 is 1.00 bits per heavy atom. The van der Waals surface area contributed by atoms with Crippen molar-refractivity contribution in [1.29, 1.82) is 0 Å². The van der Waals surface area contributed by atoms with E-state index in [-0.39, 0.29) is 0 Å². The third kappa shape index (κ3) is 4.45. The second-order valence-electron chi connectivity index (χ2n) is 6.89. The summed E-state index contributed by atoms with van der Waals surface area (Å²) in [5.74, 6) is 0. The quantitative estimate of drug-likeness (QED) is 0.769. The largest absolute Gasteiger partial charge is 0.299 e. The second-order valence-corrected chi connectivity index (χ2v) is 6.89. The fourth-order valence-corrected chi connectivity index (χ4v) is 2.83. The van der Waals surface area contributed by atoms with Crippen LogP contribution in [-0.2, 0) is 13.0 Å². The van der Waals surface area contributed by atoms with Crippen LogP contribution < -0.4 is 0 Å². The molecule has 1 fully saturated rings. The summed E-state index contributed by atoms with van der Waals surface area (Å²) in [4.78, 5) is 2.60. The predicted molar refractivity (Wildman–Crippen MR) is 78.7 cm³/mol. The molecule has 0 radical (unpaired) electrons. The van der Waals surface area contributed by atoms with E-state index >= 15 is 0 Å². The summed E-state index contributed by atoms with van der Waals surface area (Å²) in [7, 11) is 0. The maximum atomic E-state index is 2.60. The van der Waals surface area contributed by atoms with Crippen molar-refractivity contribution < 1.29 is 0 Å². The number of nitrogens with zero attached hydrogens (tertiary/aromatic N) is 1. The lowest BCUT2D eigenvalue weighted by molar-refractivity contribution is 0.221. The van der Waals surface area contributed by atoms with E-state index in [4.69, 9.17) is 0 Å². The standard InChI is InChI=1S/C17H27N/c1-17(2,3)13-15-8-7-9-16(12-15)14-18-10-5-4-6-11-18/h7-9,12H,4-6,10-11,13-14H2,1-3H3. The van der Waals surface area contributed by atoms with Crippen LogP contribution in [0, 0.1) is 5.41 Å². The van der Waals surface area contributed by atoms with E-state index in [1.54, 1.807) is 0 Å². The van der Waals surface area contributed by atoms with Crippen molar-refractivity contribution in [3.8, 4) is 0 Å². The first-order valence-electron chi connectivity index (χ1n) is 7.33. The first-order chi connectivity index (χ1) is 8.53. The molecule has 100 valence electrons. The van der Waals surface area contributed by atoms with Crippen LogP contribution in [0.15, 0.2) is 24.3 Å². The van der Waals surface area contributed by atoms with E-state index in [9.17, 15) is 0 Å². The lowest BCUT2D eigenvalue weighted by Crippen LogP contribution is -2.29. The van der Waals surface area contributed by atoms with Crippen LogP contribution in [0.25, 0.3) is 0 Å². The number of hydrogen-bond acceptors (Lipinski definition) is 1. The zero-order chi connectivity index (χ0) is 13.0. The fraction of sp³-hybridized carbons (Fsp3) is 0.647. The molecule has 0 unspecified atom stereocenters. The lowest BCUT2D eigenvalue weighted by Gasteiger charge is -2.26. The van der Waals surface area contributed by atoms with Gasteiger partial charge in [-0.25, -0.2) is 0 Å². The smallest absolute Gasteiger partial charge is 0.0233 e. The highest BCUT2D eigenvalue weighted by Gasteiger charge is 2.13. The molecule has 1 aromatic carbocycles. The predicted octanol–water partition coefficient (Wildman–Crippen LogP) is 4.26. The van der Waals surface area contributed by atoms with Gasteiger partial charge in [0.15, 0.2) is 0 Å². The Morgan fingerprint density at radius 3 is 2.33 bits per heavy atom. The van der Waals surface area contributed by atoms with Crippen LogP contribution in [0.1, 0.15) is 51.2 Å². The van der Waals surface area contributed by atoms with Gasteiger partial charge < -0.3 is 0 Å². The van der Waals surface area contributed by atoms with Crippen molar-refractivity contribution in [2.75, 3.05) is 13.1 Å². The molecule has 1 heterocycles. The third-order valence-electron chi connectivity index (χ3n) is 3.58. The van der Waals surface area contributed by atoms with Gasteiger partial charge in [-0.1, -0.05) is 51.5 Å². The number of hydrogen-bond donors (Lipinski definition) is 0. The van der Waals surface area contributed by atoms with Gasteiger partial charge in [-0.15, -0.1) is 0 Å². The van der Waals surface area contributed by atoms with Crippen LogP contribution in [0.5, 0.6) is 0 Å². The maximum absolute atomic E-state index is 2.60. The molecule has 0 amide bonds. The average Bonchev–Trinajstić information content (AvgIpc) is 2.28. The maximum Gasteiger partial charge on any atom is 0.0233 e. The Bertz CT molecular complexity index is 369. The minimum atomic E-state index is 0.379. The highest BCUT2D eigenvalue weighted by atomic mass is 15.1. The minimum absolute atomic E-state index is 0.379. The Morgan fingerprint density at radius 2 is 1.67 bits per heavy atom. The summed E-state index contributed by atoms with van der Waals surface area (Å²) in [5, 5.41) is 0. The first-order valence-corrected chi connectivity index (χ1v) is 7.33. The van der Waals surface area contributed by atoms with E-state index in [1.165, 1.54) is 49.9 Å². The van der Waals surface area contributed by atoms with Gasteiger partial charge in [-0.3, -0.25) is 4.90 Å². The number of rotatable bonds is 3. The van der Waals surface area contributed by atoms with Gasteiger partial charge in [0, 0.05) is 6.54 Å². The van der Waals surface area contributed by atoms with E-state index < -0.39 is 0 Å². The molecule has 2 rings (SSSR count). The van der Waals surface area contributed by atoms with Crippen molar-refractivity contribution in [2.45, 2.75) is 53.0 Å². The Kier molecular flexibility index (Phi) is 4.45. The number of benzene rings is 1. The zero-order valence-corrected chi connectivity index (χ0v) is 12.2. The second kappa shape index (κ2) is 5.88. The summed E-state index contributed by atoms with van der Waals surface area (Å²) in [6.07, 6.45) is 5.34. The first kappa shape index (κ1) is 13.6. The summed E-state index contributed by atoms with van der Waals surface area (Å²) in [5.41, 5.74) is 3.35. The van der Waals surface area contributed by atoms with Crippen molar-refractivity contribution in [2.24, 2.45) is 5.41 Å². The molecule has 0 aromatic heterocycles. The molecular formula is C17H27N. The van der Waals surface area contributed by atoms with Crippen LogP contribution in [0.3, 0.4) is 0 Å². The topological polar surface area (TPSA) is 3.24 Å². The highest BCUT2D eigenvalue weighted by Crippen LogP contribution is 2.22. The Hall–Kier alpha value is -0.820. The highest BCUT2D eigenvalue weighted by molar-refractivity contribution is 5.24. The molecule has 1 heteroatoms. The molecule has 1 aromatic rings. The summed E-state index contributed by atoms with van der Waals surface area (Å²) < 4.78 is 0. The molecule has 1 aliphatic rings. The molecule has 18 heavy (non-hydrogen) atoms. The molecule has 1 nitrogen and oxygen atoms in total. The average molecular weight is 245 g/mol. The van der Waals surface area contributed by atoms with Gasteiger partial charge >= 0.3 is 0 Å². The van der Waals surface area contributed by atoms with Crippen LogP contribution >= 0.6 is 0 Å². The Balaban J connectivity index is 1.98. The lowest BCUT2D eigenvalue weighted by atomic mass is 9.87. The summed E-state index contributed by atoms with van der Waals surface area (Å²) >= 11 is 0. The van der Waals surface area contributed by atoms with Crippen molar-refractivity contribution >= 4 is 0 Å². The van der Waals surface area contributed by atoms with Crippen molar-refractivity contribution in [3.05, 3.63) is 35.4 Å². The Labute approximate surface area is 112 Å². The van der Waals surface area contributed by atoms with Crippen molar-refractivity contribution in [1.82, 2.24) is 4.90 Å². The van der Waals surface area contributed by atoms with Gasteiger partial charge in [0.1, 0.15) is 0 Å². The van der Waals surface area contributed by atoms with Crippen LogP contribution in [0.4, 0.5) is 0 Å². The van der Waals surface area contributed by atoms with Gasteiger partial charge in [-0.05, 0) is 48.9 Å². The SMILES string of the molecule is CC(C)(C)Cc1cccc(CN2CCCCC2)c1. The zero-order valence-electron chi connectivity index (χ0n) is 12.2. The number of likely N-dealkylation sites (tertiary alicyclic amines) is 1. The molecule has 0 spiro atoms. The van der Waals surface area contributed by atoms with Gasteiger partial charge in [0.05, 0.1) is 0 Å². The molecule has 1 saturated heterocycles. The molecule has 1 aliphatic heterocycles. The molecule has 0 N–H and O–H groups in total. The molecule has 0 atom stereocenters. The fourth-order valence-electron chi connectivity index (χ4n) is 2.83. The van der Waals surface area contributed by atoms with Gasteiger partial charge in [0.25, 0.3) is 0 Å². The molecule has 0 saturated carbocycles. The monoisotopic (exact) mass is 245 g/mol. The van der Waals surface area contributed by atoms with E-state index in [0.717, 1.165) is 6.54 Å². The van der Waals surface area contributed by atoms with Crippen molar-refractivity contribution in [3.63, 3.8) is 0 Å². The molecular weight excluding hydrogens is 218 g/mol. The van der Waals surface area contributed by atoms with Gasteiger partial charge in [-0.2, -0.15) is 0 Å². The summed E-state index contributed by atoms with van der Waals surface area (Å²) in [6, 6.07) is 9.17. The van der Waals surface area contributed by atoms with Crippen LogP contribution in [-0.4, -0.2) is 18.0 Å². The van der Waals surface area contributed by atoms with E-state index in [2.05, 4.69) is 49.9 Å². The van der Waals surface area contributed by atoms with E-state index in [1.807, 2.05) is 0 Å². The van der Waals surface area contributed by atoms with E-state index in [0.29, 0.717) is 5.41 Å². The number of piperidine rings is 1.